The molecule has 0 aromatic carbocycles. The zero-order valence-electron chi connectivity index (χ0n) is 6.52. The Labute approximate surface area is 70.5 Å². The molecule has 1 unspecified atom stereocenters. The lowest BCUT2D eigenvalue weighted by Crippen LogP contribution is -2.18. The lowest BCUT2D eigenvalue weighted by molar-refractivity contribution is -0.133. The van der Waals surface area contributed by atoms with E-state index in [4.69, 9.17) is 9.66 Å². The molecule has 0 fully saturated rings. The maximum absolute atomic E-state index is 10.3. The minimum absolute atomic E-state index is 0.229. The van der Waals surface area contributed by atoms with Crippen LogP contribution in [0.25, 0.3) is 0 Å². The van der Waals surface area contributed by atoms with Crippen LogP contribution in [0.5, 0.6) is 0 Å². The molecule has 0 aromatic rings. The number of aliphatic carboxylic acids is 1. The molecule has 12 heavy (non-hydrogen) atoms. The molecule has 0 amide bonds. The Hall–Kier alpha value is -0.880. The first-order chi connectivity index (χ1) is 5.24. The Balaban J connectivity index is 4.34. The highest BCUT2D eigenvalue weighted by Crippen LogP contribution is 2.10. The minimum Gasteiger partial charge on any atom is -0.478 e. The van der Waals surface area contributed by atoms with Crippen LogP contribution in [0.3, 0.4) is 0 Å². The van der Waals surface area contributed by atoms with Crippen molar-refractivity contribution < 1.29 is 22.9 Å². The molecule has 70 valence electrons. The Kier molecular flexibility index (Phi) is 3.41. The van der Waals surface area contributed by atoms with Gasteiger partial charge in [-0.3, -0.25) is 4.55 Å². The van der Waals surface area contributed by atoms with Crippen molar-refractivity contribution in [2.45, 2.75) is 6.92 Å². The number of carboxylic acids is 1. The molecular weight excluding hydrogens is 184 g/mol. The highest BCUT2D eigenvalue weighted by atomic mass is 32.2. The first-order valence-electron chi connectivity index (χ1n) is 3.11. The van der Waals surface area contributed by atoms with Crippen molar-refractivity contribution >= 4 is 16.1 Å². The average Bonchev–Trinajstić information content (AvgIpc) is 1.82. The van der Waals surface area contributed by atoms with Gasteiger partial charge in [-0.2, -0.15) is 8.42 Å². The van der Waals surface area contributed by atoms with E-state index in [0.29, 0.717) is 0 Å². The standard InChI is InChI=1S/C6H10O5S/c1-4(3-12(9,10)11)5(2)6(7)8/h4H,2-3H2,1H3,(H,7,8)(H,9,10,11). The summed E-state index contributed by atoms with van der Waals surface area (Å²) in [5, 5.41) is 8.37. The van der Waals surface area contributed by atoms with Gasteiger partial charge in [-0.1, -0.05) is 13.5 Å². The van der Waals surface area contributed by atoms with E-state index in [2.05, 4.69) is 6.58 Å². The maximum atomic E-state index is 10.3. The summed E-state index contributed by atoms with van der Waals surface area (Å²) in [4.78, 5) is 10.3. The van der Waals surface area contributed by atoms with Crippen molar-refractivity contribution in [1.29, 1.82) is 0 Å². The quantitative estimate of drug-likeness (QED) is 0.491. The number of carboxylic acid groups (broad SMARTS) is 1. The van der Waals surface area contributed by atoms with E-state index in [0.717, 1.165) is 0 Å². The molecule has 0 aliphatic heterocycles. The van der Waals surface area contributed by atoms with E-state index in [1.165, 1.54) is 6.92 Å². The Morgan fingerprint density at radius 2 is 2.00 bits per heavy atom. The lowest BCUT2D eigenvalue weighted by atomic mass is 10.1. The van der Waals surface area contributed by atoms with Gasteiger partial charge in [0.2, 0.25) is 0 Å². The largest absolute Gasteiger partial charge is 0.478 e. The third kappa shape index (κ3) is 4.09. The fraction of sp³-hybridized carbons (Fsp3) is 0.500. The molecule has 6 heteroatoms. The molecule has 5 nitrogen and oxygen atoms in total. The van der Waals surface area contributed by atoms with E-state index in [1.807, 2.05) is 0 Å². The molecule has 0 rings (SSSR count). The highest BCUT2D eigenvalue weighted by molar-refractivity contribution is 7.85. The van der Waals surface area contributed by atoms with Crippen LogP contribution in [0.1, 0.15) is 6.92 Å². The fourth-order valence-corrected chi connectivity index (χ4v) is 1.46. The van der Waals surface area contributed by atoms with Gasteiger partial charge in [0, 0.05) is 11.5 Å². The second kappa shape index (κ2) is 3.68. The summed E-state index contributed by atoms with van der Waals surface area (Å²) < 4.78 is 28.9. The van der Waals surface area contributed by atoms with Crippen LogP contribution in [-0.4, -0.2) is 29.8 Å². The molecule has 2 N–H and O–H groups in total. The molecule has 0 bridgehead atoms. The molecule has 0 aliphatic carbocycles. The number of carbonyl (C=O) groups is 1. The van der Waals surface area contributed by atoms with Crippen LogP contribution in [0.15, 0.2) is 12.2 Å². The third-order valence-electron chi connectivity index (χ3n) is 1.33. The molecule has 0 heterocycles. The Morgan fingerprint density at radius 1 is 1.58 bits per heavy atom. The molecule has 0 radical (unpaired) electrons. The molecular formula is C6H10O5S. The second-order valence-corrected chi connectivity index (χ2v) is 3.98. The summed E-state index contributed by atoms with van der Waals surface area (Å²) in [5.74, 6) is -2.65. The fourth-order valence-electron chi connectivity index (χ4n) is 0.627. The van der Waals surface area contributed by atoms with E-state index in [9.17, 15) is 13.2 Å². The van der Waals surface area contributed by atoms with Crippen molar-refractivity contribution in [3.63, 3.8) is 0 Å². The van der Waals surface area contributed by atoms with E-state index in [1.54, 1.807) is 0 Å². The highest BCUT2D eigenvalue weighted by Gasteiger charge is 2.19. The number of hydrogen-bond donors (Lipinski definition) is 2. The van der Waals surface area contributed by atoms with Crippen LogP contribution < -0.4 is 0 Å². The molecule has 0 aliphatic rings. The van der Waals surface area contributed by atoms with Crippen molar-refractivity contribution in [3.05, 3.63) is 12.2 Å². The van der Waals surface area contributed by atoms with Crippen LogP contribution in [0.4, 0.5) is 0 Å². The minimum atomic E-state index is -4.13. The Bertz CT molecular complexity index is 289. The van der Waals surface area contributed by atoms with E-state index in [-0.39, 0.29) is 5.57 Å². The third-order valence-corrected chi connectivity index (χ3v) is 2.25. The summed E-state index contributed by atoms with van der Waals surface area (Å²) in [6, 6.07) is 0. The van der Waals surface area contributed by atoms with Gasteiger partial charge >= 0.3 is 5.97 Å². The van der Waals surface area contributed by atoms with Gasteiger partial charge in [-0.25, -0.2) is 4.79 Å². The first kappa shape index (κ1) is 11.1. The molecule has 0 spiro atoms. The maximum Gasteiger partial charge on any atom is 0.331 e. The zero-order valence-corrected chi connectivity index (χ0v) is 7.34. The predicted octanol–water partition coefficient (Wildman–Crippen LogP) is 0.151. The van der Waals surface area contributed by atoms with Gasteiger partial charge in [-0.05, 0) is 0 Å². The van der Waals surface area contributed by atoms with E-state index >= 15 is 0 Å². The second-order valence-electron chi connectivity index (χ2n) is 2.48. The molecule has 0 saturated carbocycles. The monoisotopic (exact) mass is 194 g/mol. The molecule has 0 saturated heterocycles. The molecule has 0 aromatic heterocycles. The molecule has 1 atom stereocenters. The van der Waals surface area contributed by atoms with Gasteiger partial charge < -0.3 is 5.11 Å². The Morgan fingerprint density at radius 3 is 2.25 bits per heavy atom. The normalized spacial score (nSPS) is 13.8. The van der Waals surface area contributed by atoms with Crippen molar-refractivity contribution in [2.24, 2.45) is 5.92 Å². The average molecular weight is 194 g/mol. The first-order valence-corrected chi connectivity index (χ1v) is 4.72. The van der Waals surface area contributed by atoms with E-state index < -0.39 is 27.8 Å². The predicted molar refractivity (Wildman–Crippen MR) is 42.4 cm³/mol. The topological polar surface area (TPSA) is 91.7 Å². The van der Waals surface area contributed by atoms with Crippen LogP contribution in [-0.2, 0) is 14.9 Å². The van der Waals surface area contributed by atoms with Crippen molar-refractivity contribution in [1.82, 2.24) is 0 Å². The zero-order chi connectivity index (χ0) is 9.94. The van der Waals surface area contributed by atoms with Crippen LogP contribution in [0.2, 0.25) is 0 Å². The van der Waals surface area contributed by atoms with Gasteiger partial charge in [0.1, 0.15) is 0 Å². The van der Waals surface area contributed by atoms with Crippen molar-refractivity contribution in [2.75, 3.05) is 5.75 Å². The van der Waals surface area contributed by atoms with Crippen LogP contribution >= 0.6 is 0 Å². The number of hydrogen-bond acceptors (Lipinski definition) is 3. The smallest absolute Gasteiger partial charge is 0.331 e. The van der Waals surface area contributed by atoms with Gasteiger partial charge in [0.05, 0.1) is 5.75 Å². The summed E-state index contributed by atoms with van der Waals surface area (Å²) in [6.07, 6.45) is 0. The number of rotatable bonds is 4. The van der Waals surface area contributed by atoms with Crippen LogP contribution in [0, 0.1) is 5.92 Å². The van der Waals surface area contributed by atoms with Gasteiger partial charge in [-0.15, -0.1) is 0 Å². The SMILES string of the molecule is C=C(C(=O)O)C(C)CS(=O)(=O)O. The summed E-state index contributed by atoms with van der Waals surface area (Å²) >= 11 is 0. The van der Waals surface area contributed by atoms with Crippen molar-refractivity contribution in [3.8, 4) is 0 Å². The lowest BCUT2D eigenvalue weighted by Gasteiger charge is -2.07. The summed E-state index contributed by atoms with van der Waals surface area (Å²) in [5.41, 5.74) is -0.229. The van der Waals surface area contributed by atoms with Gasteiger partial charge in [0.15, 0.2) is 0 Å². The van der Waals surface area contributed by atoms with Gasteiger partial charge in [0.25, 0.3) is 10.1 Å². The summed E-state index contributed by atoms with van der Waals surface area (Å²) in [6.45, 7) is 4.53. The summed E-state index contributed by atoms with van der Waals surface area (Å²) in [7, 11) is -4.13.